The molecule has 1 nitrogen and oxygen atoms in total. The highest BCUT2D eigenvalue weighted by Gasteiger charge is 2.18. The summed E-state index contributed by atoms with van der Waals surface area (Å²) in [5, 5.41) is 3.54. The van der Waals surface area contributed by atoms with E-state index >= 15 is 0 Å². The molecule has 0 saturated carbocycles. The van der Waals surface area contributed by atoms with E-state index in [4.69, 9.17) is 6.42 Å². The van der Waals surface area contributed by atoms with E-state index in [-0.39, 0.29) is 0 Å². The van der Waals surface area contributed by atoms with Crippen molar-refractivity contribution in [3.05, 3.63) is 35.4 Å². The van der Waals surface area contributed by atoms with Gasteiger partial charge in [-0.3, -0.25) is 0 Å². The molecule has 17 heavy (non-hydrogen) atoms. The first-order valence-electron chi connectivity index (χ1n) is 6.64. The maximum Gasteiger partial charge on any atom is 0.00981 e. The summed E-state index contributed by atoms with van der Waals surface area (Å²) in [6.45, 7) is 2.14. The first kappa shape index (κ1) is 12.2. The van der Waals surface area contributed by atoms with Crippen LogP contribution in [0.25, 0.3) is 0 Å². The Morgan fingerprint density at radius 2 is 2.24 bits per heavy atom. The fourth-order valence-electron chi connectivity index (χ4n) is 2.66. The van der Waals surface area contributed by atoms with Gasteiger partial charge < -0.3 is 5.32 Å². The highest BCUT2D eigenvalue weighted by molar-refractivity contribution is 5.32. The van der Waals surface area contributed by atoms with Crippen molar-refractivity contribution in [2.45, 2.75) is 38.0 Å². The minimum Gasteiger partial charge on any atom is -0.316 e. The van der Waals surface area contributed by atoms with Gasteiger partial charge in [-0.05, 0) is 49.3 Å². The standard InChI is InChI=1S/C16H21N/c1-2-3-6-12-17-13-15-10-7-9-14-8-4-5-11-16(14)15/h1,4-5,8,11,15,17H,3,6-7,9-10,12-13H2. The summed E-state index contributed by atoms with van der Waals surface area (Å²) >= 11 is 0. The van der Waals surface area contributed by atoms with E-state index in [1.54, 1.807) is 11.1 Å². The normalized spacial score (nSPS) is 18.4. The molecule has 1 N–H and O–H groups in total. The summed E-state index contributed by atoms with van der Waals surface area (Å²) in [5.74, 6) is 3.38. The van der Waals surface area contributed by atoms with Gasteiger partial charge in [-0.1, -0.05) is 24.3 Å². The highest BCUT2D eigenvalue weighted by atomic mass is 14.9. The van der Waals surface area contributed by atoms with Crippen LogP contribution >= 0.6 is 0 Å². The van der Waals surface area contributed by atoms with Gasteiger partial charge in [0.25, 0.3) is 0 Å². The average Bonchev–Trinajstić information content (AvgIpc) is 2.39. The van der Waals surface area contributed by atoms with Crippen molar-refractivity contribution in [2.24, 2.45) is 0 Å². The van der Waals surface area contributed by atoms with Gasteiger partial charge in [0.2, 0.25) is 0 Å². The molecule has 0 heterocycles. The van der Waals surface area contributed by atoms with E-state index in [1.165, 1.54) is 19.3 Å². The molecule has 2 rings (SSSR count). The SMILES string of the molecule is C#CCCCNCC1CCCc2ccccc21. The smallest absolute Gasteiger partial charge is 0.00981 e. The molecule has 0 aliphatic heterocycles. The van der Waals surface area contributed by atoms with E-state index < -0.39 is 0 Å². The number of fused-ring (bicyclic) bond motifs is 1. The second-order valence-corrected chi connectivity index (χ2v) is 4.80. The summed E-state index contributed by atoms with van der Waals surface area (Å²) < 4.78 is 0. The van der Waals surface area contributed by atoms with Gasteiger partial charge in [0.15, 0.2) is 0 Å². The molecule has 0 aromatic heterocycles. The van der Waals surface area contributed by atoms with Crippen molar-refractivity contribution in [3.63, 3.8) is 0 Å². The van der Waals surface area contributed by atoms with E-state index in [9.17, 15) is 0 Å². The minimum atomic E-state index is 0.700. The highest BCUT2D eigenvalue weighted by Crippen LogP contribution is 2.30. The van der Waals surface area contributed by atoms with Crippen LogP contribution in [0.3, 0.4) is 0 Å². The lowest BCUT2D eigenvalue weighted by Crippen LogP contribution is -2.25. The fourth-order valence-corrected chi connectivity index (χ4v) is 2.66. The third kappa shape index (κ3) is 3.35. The number of aryl methyl sites for hydroxylation is 1. The molecule has 0 fully saturated rings. The maximum absolute atomic E-state index is 5.24. The monoisotopic (exact) mass is 227 g/mol. The molecule has 1 atom stereocenters. The van der Waals surface area contributed by atoms with Crippen molar-refractivity contribution >= 4 is 0 Å². The lowest BCUT2D eigenvalue weighted by Gasteiger charge is -2.25. The Morgan fingerprint density at radius 3 is 3.12 bits per heavy atom. The van der Waals surface area contributed by atoms with Crippen molar-refractivity contribution in [1.29, 1.82) is 0 Å². The zero-order valence-electron chi connectivity index (χ0n) is 10.4. The molecule has 1 aromatic carbocycles. The topological polar surface area (TPSA) is 12.0 Å². The molecule has 0 saturated heterocycles. The van der Waals surface area contributed by atoms with Crippen molar-refractivity contribution in [2.75, 3.05) is 13.1 Å². The molecule has 1 unspecified atom stereocenters. The van der Waals surface area contributed by atoms with Crippen molar-refractivity contribution < 1.29 is 0 Å². The van der Waals surface area contributed by atoms with Crippen LogP contribution in [0, 0.1) is 12.3 Å². The third-order valence-corrected chi connectivity index (χ3v) is 3.56. The number of terminal acetylenes is 1. The summed E-state index contributed by atoms with van der Waals surface area (Å²) in [6.07, 6.45) is 11.1. The zero-order valence-corrected chi connectivity index (χ0v) is 10.4. The molecule has 0 spiro atoms. The average molecular weight is 227 g/mol. The van der Waals surface area contributed by atoms with Crippen LogP contribution in [-0.4, -0.2) is 13.1 Å². The molecule has 1 aliphatic carbocycles. The first-order valence-corrected chi connectivity index (χ1v) is 6.64. The Kier molecular flexibility index (Phi) is 4.64. The number of hydrogen-bond acceptors (Lipinski definition) is 1. The lowest BCUT2D eigenvalue weighted by molar-refractivity contribution is 0.505. The molecule has 0 amide bonds. The van der Waals surface area contributed by atoms with Crippen LogP contribution < -0.4 is 5.32 Å². The zero-order chi connectivity index (χ0) is 11.9. The predicted molar refractivity (Wildman–Crippen MR) is 73.1 cm³/mol. The van der Waals surface area contributed by atoms with Gasteiger partial charge in [0.1, 0.15) is 0 Å². The summed E-state index contributed by atoms with van der Waals surface area (Å²) in [4.78, 5) is 0. The summed E-state index contributed by atoms with van der Waals surface area (Å²) in [5.41, 5.74) is 3.11. The number of hydrogen-bond donors (Lipinski definition) is 1. The lowest BCUT2D eigenvalue weighted by atomic mass is 9.83. The quantitative estimate of drug-likeness (QED) is 0.602. The van der Waals surface area contributed by atoms with Crippen LogP contribution in [0.15, 0.2) is 24.3 Å². The Morgan fingerprint density at radius 1 is 1.35 bits per heavy atom. The molecular weight excluding hydrogens is 206 g/mol. The van der Waals surface area contributed by atoms with Crippen LogP contribution in [0.4, 0.5) is 0 Å². The van der Waals surface area contributed by atoms with E-state index in [0.29, 0.717) is 5.92 Å². The minimum absolute atomic E-state index is 0.700. The molecule has 90 valence electrons. The molecule has 0 bridgehead atoms. The number of nitrogens with one attached hydrogen (secondary N) is 1. The Bertz CT molecular complexity index is 389. The van der Waals surface area contributed by atoms with Gasteiger partial charge in [-0.25, -0.2) is 0 Å². The second kappa shape index (κ2) is 6.47. The molecule has 1 aromatic rings. The molecule has 1 aliphatic rings. The summed E-state index contributed by atoms with van der Waals surface area (Å²) in [6, 6.07) is 8.89. The Labute approximate surface area is 105 Å². The Hall–Kier alpha value is -1.26. The van der Waals surface area contributed by atoms with E-state index in [0.717, 1.165) is 25.9 Å². The van der Waals surface area contributed by atoms with E-state index in [1.807, 2.05) is 0 Å². The molecular formula is C16H21N. The largest absolute Gasteiger partial charge is 0.316 e. The van der Waals surface area contributed by atoms with Gasteiger partial charge in [0.05, 0.1) is 0 Å². The fraction of sp³-hybridized carbons (Fsp3) is 0.500. The van der Waals surface area contributed by atoms with Gasteiger partial charge in [-0.2, -0.15) is 0 Å². The van der Waals surface area contributed by atoms with Crippen molar-refractivity contribution in [1.82, 2.24) is 5.32 Å². The van der Waals surface area contributed by atoms with Crippen LogP contribution in [-0.2, 0) is 6.42 Å². The van der Waals surface area contributed by atoms with Gasteiger partial charge >= 0.3 is 0 Å². The van der Waals surface area contributed by atoms with Crippen molar-refractivity contribution in [3.8, 4) is 12.3 Å². The molecule has 0 radical (unpaired) electrons. The van der Waals surface area contributed by atoms with E-state index in [2.05, 4.69) is 35.5 Å². The van der Waals surface area contributed by atoms with Crippen LogP contribution in [0.2, 0.25) is 0 Å². The summed E-state index contributed by atoms with van der Waals surface area (Å²) in [7, 11) is 0. The van der Waals surface area contributed by atoms with Crippen LogP contribution in [0.5, 0.6) is 0 Å². The number of benzene rings is 1. The second-order valence-electron chi connectivity index (χ2n) is 4.80. The predicted octanol–water partition coefficient (Wildman–Crippen LogP) is 3.11. The van der Waals surface area contributed by atoms with Gasteiger partial charge in [0, 0.05) is 13.0 Å². The first-order chi connectivity index (χ1) is 8.42. The maximum atomic E-state index is 5.24. The number of unbranched alkanes of at least 4 members (excludes halogenated alkanes) is 1. The molecule has 1 heteroatoms. The van der Waals surface area contributed by atoms with Gasteiger partial charge in [-0.15, -0.1) is 12.3 Å². The third-order valence-electron chi connectivity index (χ3n) is 3.56. The number of rotatable bonds is 5. The Balaban J connectivity index is 1.84. The van der Waals surface area contributed by atoms with Crippen LogP contribution in [0.1, 0.15) is 42.7 Å².